The van der Waals surface area contributed by atoms with Crippen molar-refractivity contribution in [2.24, 2.45) is 23.7 Å². The first-order chi connectivity index (χ1) is 16.0. The lowest BCUT2D eigenvalue weighted by atomic mass is 9.85. The molecule has 4 aliphatic rings. The van der Waals surface area contributed by atoms with Crippen molar-refractivity contribution in [2.45, 2.75) is 6.42 Å². The first kappa shape index (κ1) is 20.1. The van der Waals surface area contributed by atoms with Crippen LogP contribution in [0.5, 0.6) is 0 Å². The third-order valence-electron chi connectivity index (χ3n) is 7.58. The number of allylic oxidation sites excluding steroid dienone is 2. The SMILES string of the molecule is O=C(c1cccc(N2C(=O)[C@@H]3[C@H](C2=O)[C@H]2C=C[C@H]3C2)c1)N1CCN(c2ccc(F)cc2)CC1. The van der Waals surface area contributed by atoms with E-state index in [2.05, 4.69) is 17.1 Å². The van der Waals surface area contributed by atoms with Crippen LogP contribution < -0.4 is 9.80 Å². The van der Waals surface area contributed by atoms with E-state index < -0.39 is 0 Å². The molecule has 1 saturated carbocycles. The number of anilines is 2. The molecular weight excluding hydrogens is 421 g/mol. The quantitative estimate of drug-likeness (QED) is 0.538. The van der Waals surface area contributed by atoms with Gasteiger partial charge in [0.1, 0.15) is 5.82 Å². The van der Waals surface area contributed by atoms with E-state index in [-0.39, 0.29) is 47.2 Å². The van der Waals surface area contributed by atoms with Crippen molar-refractivity contribution in [1.29, 1.82) is 0 Å². The maximum absolute atomic E-state index is 13.2. The van der Waals surface area contributed by atoms with Crippen molar-refractivity contribution < 1.29 is 18.8 Å². The maximum atomic E-state index is 13.2. The molecule has 2 bridgehead atoms. The van der Waals surface area contributed by atoms with Gasteiger partial charge < -0.3 is 9.80 Å². The number of hydrogen-bond donors (Lipinski definition) is 0. The number of halogens is 1. The molecule has 0 spiro atoms. The van der Waals surface area contributed by atoms with E-state index in [1.807, 2.05) is 0 Å². The largest absolute Gasteiger partial charge is 0.368 e. The minimum absolute atomic E-state index is 0.114. The summed E-state index contributed by atoms with van der Waals surface area (Å²) < 4.78 is 13.2. The van der Waals surface area contributed by atoms with Crippen molar-refractivity contribution in [1.82, 2.24) is 4.90 Å². The summed E-state index contributed by atoms with van der Waals surface area (Å²) in [7, 11) is 0. The van der Waals surface area contributed by atoms with Crippen molar-refractivity contribution in [2.75, 3.05) is 36.0 Å². The zero-order chi connectivity index (χ0) is 22.7. The molecule has 2 aliphatic heterocycles. The van der Waals surface area contributed by atoms with E-state index in [1.54, 1.807) is 41.3 Å². The van der Waals surface area contributed by atoms with Crippen molar-refractivity contribution in [3.05, 3.63) is 72.1 Å². The Labute approximate surface area is 191 Å². The number of benzene rings is 2. The van der Waals surface area contributed by atoms with Gasteiger partial charge in [-0.1, -0.05) is 18.2 Å². The van der Waals surface area contributed by atoms with E-state index in [0.29, 0.717) is 37.4 Å². The Morgan fingerprint density at radius 2 is 1.45 bits per heavy atom. The van der Waals surface area contributed by atoms with E-state index in [1.165, 1.54) is 17.0 Å². The lowest BCUT2D eigenvalue weighted by Gasteiger charge is -2.36. The highest BCUT2D eigenvalue weighted by molar-refractivity contribution is 6.23. The van der Waals surface area contributed by atoms with Gasteiger partial charge >= 0.3 is 0 Å². The first-order valence-electron chi connectivity index (χ1n) is 11.5. The Balaban J connectivity index is 1.17. The highest BCUT2D eigenvalue weighted by atomic mass is 19.1. The maximum Gasteiger partial charge on any atom is 0.254 e. The average molecular weight is 445 g/mol. The summed E-state index contributed by atoms with van der Waals surface area (Å²) >= 11 is 0. The molecule has 2 aliphatic carbocycles. The second-order valence-corrected chi connectivity index (χ2v) is 9.32. The van der Waals surface area contributed by atoms with Gasteiger partial charge in [0.15, 0.2) is 0 Å². The lowest BCUT2D eigenvalue weighted by Crippen LogP contribution is -2.48. The van der Waals surface area contributed by atoms with Crippen molar-refractivity contribution in [3.8, 4) is 0 Å². The van der Waals surface area contributed by atoms with Gasteiger partial charge in [0.25, 0.3) is 5.91 Å². The number of imide groups is 1. The molecule has 0 aromatic heterocycles. The van der Waals surface area contributed by atoms with Gasteiger partial charge in [0.2, 0.25) is 11.8 Å². The monoisotopic (exact) mass is 445 g/mol. The summed E-state index contributed by atoms with van der Waals surface area (Å²) in [4.78, 5) is 44.6. The third kappa shape index (κ3) is 3.17. The first-order valence-corrected chi connectivity index (χ1v) is 11.5. The smallest absolute Gasteiger partial charge is 0.254 e. The second-order valence-electron chi connectivity index (χ2n) is 9.32. The third-order valence-corrected chi connectivity index (χ3v) is 7.58. The number of rotatable bonds is 3. The molecule has 0 radical (unpaired) electrons. The fraction of sp³-hybridized carbons (Fsp3) is 0.346. The van der Waals surface area contributed by atoms with Crippen LogP contribution in [0.15, 0.2) is 60.7 Å². The minimum atomic E-state index is -0.269. The number of fused-ring (bicyclic) bond motifs is 5. The molecular formula is C26H24FN3O3. The molecule has 0 N–H and O–H groups in total. The normalized spacial score (nSPS) is 28.1. The van der Waals surface area contributed by atoms with Crippen LogP contribution in [0.25, 0.3) is 0 Å². The van der Waals surface area contributed by atoms with E-state index in [0.717, 1.165) is 12.1 Å². The summed E-state index contributed by atoms with van der Waals surface area (Å²) in [6, 6.07) is 13.2. The molecule has 2 aromatic rings. The fourth-order valence-electron chi connectivity index (χ4n) is 5.94. The predicted octanol–water partition coefficient (Wildman–Crippen LogP) is 3.10. The van der Waals surface area contributed by atoms with E-state index in [9.17, 15) is 18.8 Å². The number of amides is 3. The van der Waals surface area contributed by atoms with Crippen LogP contribution in [0.2, 0.25) is 0 Å². The molecule has 2 saturated heterocycles. The molecule has 33 heavy (non-hydrogen) atoms. The van der Waals surface area contributed by atoms with Gasteiger partial charge in [-0.05, 0) is 60.7 Å². The molecule has 3 fully saturated rings. The van der Waals surface area contributed by atoms with Crippen LogP contribution in [0.1, 0.15) is 16.8 Å². The number of carbonyl (C=O) groups is 3. The molecule has 6 nitrogen and oxygen atoms in total. The lowest BCUT2D eigenvalue weighted by molar-refractivity contribution is -0.123. The molecule has 4 atom stereocenters. The van der Waals surface area contributed by atoms with Gasteiger partial charge in [-0.25, -0.2) is 9.29 Å². The number of nitrogens with zero attached hydrogens (tertiary/aromatic N) is 3. The second kappa shape index (κ2) is 7.54. The summed E-state index contributed by atoms with van der Waals surface area (Å²) in [6.45, 7) is 2.39. The summed E-state index contributed by atoms with van der Waals surface area (Å²) in [5.74, 6) is -0.865. The highest BCUT2D eigenvalue weighted by Crippen LogP contribution is 2.53. The summed E-state index contributed by atoms with van der Waals surface area (Å²) in [5, 5.41) is 0. The van der Waals surface area contributed by atoms with Crippen LogP contribution in [-0.2, 0) is 9.59 Å². The van der Waals surface area contributed by atoms with Crippen LogP contribution >= 0.6 is 0 Å². The van der Waals surface area contributed by atoms with E-state index in [4.69, 9.17) is 0 Å². The topological polar surface area (TPSA) is 60.9 Å². The van der Waals surface area contributed by atoms with Gasteiger partial charge in [-0.2, -0.15) is 0 Å². The Morgan fingerprint density at radius 1 is 0.818 bits per heavy atom. The van der Waals surface area contributed by atoms with E-state index >= 15 is 0 Å². The molecule has 7 heteroatoms. The van der Waals surface area contributed by atoms with Crippen LogP contribution in [0, 0.1) is 29.5 Å². The number of hydrogen-bond acceptors (Lipinski definition) is 4. The Hall–Kier alpha value is -3.48. The number of piperazine rings is 1. The minimum Gasteiger partial charge on any atom is -0.368 e. The van der Waals surface area contributed by atoms with Crippen LogP contribution in [-0.4, -0.2) is 48.8 Å². The van der Waals surface area contributed by atoms with Gasteiger partial charge in [0.05, 0.1) is 17.5 Å². The molecule has 6 rings (SSSR count). The fourth-order valence-corrected chi connectivity index (χ4v) is 5.94. The molecule has 2 heterocycles. The van der Waals surface area contributed by atoms with Gasteiger partial charge in [0, 0.05) is 37.4 Å². The predicted molar refractivity (Wildman–Crippen MR) is 121 cm³/mol. The zero-order valence-corrected chi connectivity index (χ0v) is 18.1. The standard InChI is InChI=1S/C26H24FN3O3/c27-19-6-8-20(9-7-19)28-10-12-29(13-11-28)24(31)18-2-1-3-21(15-18)30-25(32)22-16-4-5-17(14-16)23(22)26(30)33/h1-9,15-17,22-23H,10-14H2/t16-,17-,22-,23+/m0/s1. The molecule has 0 unspecified atom stereocenters. The Kier molecular flexibility index (Phi) is 4.60. The summed E-state index contributed by atoms with van der Waals surface area (Å²) in [5.41, 5.74) is 1.89. The summed E-state index contributed by atoms with van der Waals surface area (Å²) in [6.07, 6.45) is 5.04. The zero-order valence-electron chi connectivity index (χ0n) is 18.1. The highest BCUT2D eigenvalue weighted by Gasteiger charge is 2.59. The van der Waals surface area contributed by atoms with Gasteiger partial charge in [-0.15, -0.1) is 0 Å². The Bertz CT molecular complexity index is 1140. The van der Waals surface area contributed by atoms with Crippen LogP contribution in [0.4, 0.5) is 15.8 Å². The Morgan fingerprint density at radius 3 is 2.09 bits per heavy atom. The van der Waals surface area contributed by atoms with Gasteiger partial charge in [-0.3, -0.25) is 14.4 Å². The average Bonchev–Trinajstić information content (AvgIpc) is 3.53. The number of carbonyl (C=O) groups excluding carboxylic acids is 3. The molecule has 3 amide bonds. The van der Waals surface area contributed by atoms with Crippen LogP contribution in [0.3, 0.4) is 0 Å². The van der Waals surface area contributed by atoms with Crippen molar-refractivity contribution in [3.63, 3.8) is 0 Å². The molecule has 2 aromatic carbocycles. The van der Waals surface area contributed by atoms with Crippen molar-refractivity contribution >= 4 is 29.1 Å². The molecule has 168 valence electrons.